The molecule has 1 aliphatic heterocycles. The molecule has 1 aliphatic rings. The van der Waals surface area contributed by atoms with Crippen LogP contribution in [-0.2, 0) is 11.3 Å². The fraction of sp³-hybridized carbons (Fsp3) is 0.750. The number of ether oxygens (including phenoxy) is 1. The van der Waals surface area contributed by atoms with Crippen LogP contribution in [0.5, 0.6) is 0 Å². The molecule has 1 atom stereocenters. The molecule has 1 unspecified atom stereocenters. The monoisotopic (exact) mass is 238 g/mol. The molecule has 2 heterocycles. The summed E-state index contributed by atoms with van der Waals surface area (Å²) in [4.78, 5) is 0. The van der Waals surface area contributed by atoms with Crippen molar-refractivity contribution >= 4 is 11.5 Å². The summed E-state index contributed by atoms with van der Waals surface area (Å²) < 4.78 is 7.44. The minimum absolute atomic E-state index is 0.359. The molecular weight excluding hydrogens is 216 g/mol. The number of nitrogen functional groups attached to an aromatic ring is 1. The summed E-state index contributed by atoms with van der Waals surface area (Å²) in [5.74, 6) is 0.958. The van der Waals surface area contributed by atoms with Gasteiger partial charge in [0.25, 0.3) is 0 Å². The molecule has 2 rings (SSSR count). The number of rotatable bonds is 4. The first kappa shape index (κ1) is 12.2. The molecule has 1 aromatic rings. The van der Waals surface area contributed by atoms with Gasteiger partial charge >= 0.3 is 0 Å². The van der Waals surface area contributed by atoms with E-state index in [1.807, 2.05) is 11.6 Å². The fourth-order valence-corrected chi connectivity index (χ4v) is 2.17. The van der Waals surface area contributed by atoms with Crippen LogP contribution in [0.2, 0.25) is 0 Å². The van der Waals surface area contributed by atoms with Crippen molar-refractivity contribution in [2.24, 2.45) is 0 Å². The van der Waals surface area contributed by atoms with Gasteiger partial charge in [0.05, 0.1) is 24.0 Å². The number of nitrogens with one attached hydrogen (secondary N) is 1. The molecule has 96 valence electrons. The van der Waals surface area contributed by atoms with Gasteiger partial charge in [-0.05, 0) is 26.2 Å². The van der Waals surface area contributed by atoms with Gasteiger partial charge in [-0.25, -0.2) is 4.68 Å². The predicted molar refractivity (Wildman–Crippen MR) is 69.1 cm³/mol. The predicted octanol–water partition coefficient (Wildman–Crippen LogP) is 1.77. The second kappa shape index (κ2) is 5.40. The van der Waals surface area contributed by atoms with Gasteiger partial charge in [-0.1, -0.05) is 6.92 Å². The highest BCUT2D eigenvalue weighted by Crippen LogP contribution is 2.24. The standard InChI is InChI=1S/C12H22N4O/c1-3-6-16-12(11(13)9(2)15-16)14-10-5-4-7-17-8-10/h10,14H,3-8,13H2,1-2H3. The molecule has 5 heteroatoms. The third-order valence-electron chi connectivity index (χ3n) is 3.11. The maximum atomic E-state index is 6.06. The Hall–Kier alpha value is -1.23. The molecule has 17 heavy (non-hydrogen) atoms. The third kappa shape index (κ3) is 2.72. The highest BCUT2D eigenvalue weighted by atomic mass is 16.5. The van der Waals surface area contributed by atoms with Crippen molar-refractivity contribution in [3.05, 3.63) is 5.69 Å². The quantitative estimate of drug-likeness (QED) is 0.839. The van der Waals surface area contributed by atoms with E-state index >= 15 is 0 Å². The van der Waals surface area contributed by atoms with Crippen molar-refractivity contribution < 1.29 is 4.74 Å². The second-order valence-electron chi connectivity index (χ2n) is 4.63. The summed E-state index contributed by atoms with van der Waals surface area (Å²) in [5, 5.41) is 7.93. The van der Waals surface area contributed by atoms with Crippen molar-refractivity contribution in [3.63, 3.8) is 0 Å². The molecule has 0 aliphatic carbocycles. The summed E-state index contributed by atoms with van der Waals surface area (Å²) in [7, 11) is 0. The Balaban J connectivity index is 2.12. The molecule has 3 N–H and O–H groups in total. The second-order valence-corrected chi connectivity index (χ2v) is 4.63. The van der Waals surface area contributed by atoms with E-state index in [9.17, 15) is 0 Å². The van der Waals surface area contributed by atoms with E-state index in [-0.39, 0.29) is 0 Å². The maximum absolute atomic E-state index is 6.06. The highest BCUT2D eigenvalue weighted by molar-refractivity contribution is 5.65. The Bertz CT molecular complexity index is 369. The number of hydrogen-bond acceptors (Lipinski definition) is 4. The average Bonchev–Trinajstić information content (AvgIpc) is 2.59. The van der Waals surface area contributed by atoms with Crippen LogP contribution >= 0.6 is 0 Å². The molecule has 5 nitrogen and oxygen atoms in total. The summed E-state index contributed by atoms with van der Waals surface area (Å²) in [6.07, 6.45) is 3.30. The van der Waals surface area contributed by atoms with Crippen molar-refractivity contribution in [1.29, 1.82) is 0 Å². The van der Waals surface area contributed by atoms with Gasteiger partial charge in [0.15, 0.2) is 0 Å². The molecule has 0 radical (unpaired) electrons. The van der Waals surface area contributed by atoms with E-state index < -0.39 is 0 Å². The summed E-state index contributed by atoms with van der Waals surface area (Å²) in [5.41, 5.74) is 7.73. The first-order valence-electron chi connectivity index (χ1n) is 6.39. The Labute approximate surface area is 102 Å². The van der Waals surface area contributed by atoms with Crippen LogP contribution in [0.4, 0.5) is 11.5 Å². The molecule has 1 fully saturated rings. The van der Waals surface area contributed by atoms with Crippen molar-refractivity contribution in [2.45, 2.75) is 45.7 Å². The van der Waals surface area contributed by atoms with Gasteiger partial charge in [-0.2, -0.15) is 5.10 Å². The lowest BCUT2D eigenvalue weighted by molar-refractivity contribution is 0.0874. The Morgan fingerprint density at radius 1 is 1.59 bits per heavy atom. The number of nitrogens with zero attached hydrogens (tertiary/aromatic N) is 2. The average molecular weight is 238 g/mol. The van der Waals surface area contributed by atoms with Crippen LogP contribution in [0.1, 0.15) is 31.9 Å². The first-order chi connectivity index (χ1) is 8.22. The number of anilines is 2. The number of aryl methyl sites for hydroxylation is 2. The Morgan fingerprint density at radius 2 is 2.41 bits per heavy atom. The van der Waals surface area contributed by atoms with Crippen molar-refractivity contribution in [2.75, 3.05) is 24.3 Å². The van der Waals surface area contributed by atoms with Crippen LogP contribution in [0.15, 0.2) is 0 Å². The largest absolute Gasteiger partial charge is 0.394 e. The normalized spacial score (nSPS) is 20.5. The van der Waals surface area contributed by atoms with Gasteiger partial charge in [0.2, 0.25) is 0 Å². The third-order valence-corrected chi connectivity index (χ3v) is 3.11. The van der Waals surface area contributed by atoms with E-state index in [4.69, 9.17) is 10.5 Å². The van der Waals surface area contributed by atoms with Crippen LogP contribution in [0.3, 0.4) is 0 Å². The van der Waals surface area contributed by atoms with Gasteiger partial charge in [0.1, 0.15) is 5.82 Å². The van der Waals surface area contributed by atoms with Gasteiger partial charge in [0, 0.05) is 13.2 Å². The van der Waals surface area contributed by atoms with Gasteiger partial charge < -0.3 is 15.8 Å². The lowest BCUT2D eigenvalue weighted by atomic mass is 10.1. The Morgan fingerprint density at radius 3 is 3.06 bits per heavy atom. The van der Waals surface area contributed by atoms with Crippen molar-refractivity contribution in [1.82, 2.24) is 9.78 Å². The van der Waals surface area contributed by atoms with Crippen LogP contribution in [0, 0.1) is 6.92 Å². The maximum Gasteiger partial charge on any atom is 0.148 e. The smallest absolute Gasteiger partial charge is 0.148 e. The topological polar surface area (TPSA) is 65.1 Å². The Kier molecular flexibility index (Phi) is 3.89. The van der Waals surface area contributed by atoms with Crippen LogP contribution in [0.25, 0.3) is 0 Å². The molecule has 0 aromatic carbocycles. The summed E-state index contributed by atoms with van der Waals surface area (Å²) in [6, 6.07) is 0.359. The summed E-state index contributed by atoms with van der Waals surface area (Å²) >= 11 is 0. The fourth-order valence-electron chi connectivity index (χ4n) is 2.17. The number of hydrogen-bond donors (Lipinski definition) is 2. The lowest BCUT2D eigenvalue weighted by Crippen LogP contribution is -2.31. The minimum atomic E-state index is 0.359. The molecule has 0 amide bonds. The molecule has 0 bridgehead atoms. The molecule has 1 aromatic heterocycles. The van der Waals surface area contributed by atoms with Crippen molar-refractivity contribution in [3.8, 4) is 0 Å². The zero-order valence-corrected chi connectivity index (χ0v) is 10.7. The molecular formula is C12H22N4O. The highest BCUT2D eigenvalue weighted by Gasteiger charge is 2.18. The molecule has 0 spiro atoms. The van der Waals surface area contributed by atoms with Crippen LogP contribution < -0.4 is 11.1 Å². The van der Waals surface area contributed by atoms with E-state index in [0.29, 0.717) is 6.04 Å². The van der Waals surface area contributed by atoms with Gasteiger partial charge in [-0.3, -0.25) is 0 Å². The molecule has 0 saturated carbocycles. The zero-order chi connectivity index (χ0) is 12.3. The zero-order valence-electron chi connectivity index (χ0n) is 10.7. The minimum Gasteiger partial charge on any atom is -0.394 e. The first-order valence-corrected chi connectivity index (χ1v) is 6.39. The number of nitrogens with two attached hydrogens (primary N) is 1. The summed E-state index contributed by atoms with van der Waals surface area (Å²) in [6.45, 7) is 6.62. The van der Waals surface area contributed by atoms with E-state index in [1.165, 1.54) is 0 Å². The molecule has 1 saturated heterocycles. The van der Waals surface area contributed by atoms with E-state index in [2.05, 4.69) is 17.3 Å². The van der Waals surface area contributed by atoms with E-state index in [1.54, 1.807) is 0 Å². The van der Waals surface area contributed by atoms with Crippen LogP contribution in [-0.4, -0.2) is 29.0 Å². The SMILES string of the molecule is CCCn1nc(C)c(N)c1NC1CCCOC1. The van der Waals surface area contributed by atoms with Gasteiger partial charge in [-0.15, -0.1) is 0 Å². The number of aromatic nitrogens is 2. The lowest BCUT2D eigenvalue weighted by Gasteiger charge is -2.24. The van der Waals surface area contributed by atoms with E-state index in [0.717, 1.165) is 56.2 Å².